The van der Waals surface area contributed by atoms with Gasteiger partial charge in [0.25, 0.3) is 17.7 Å². The molecule has 0 aromatic heterocycles. The maximum absolute atomic E-state index is 13.2. The molecule has 0 aromatic carbocycles. The number of carbonyl (C=O) groups is 7. The molecule has 1 rings (SSSR count). The van der Waals surface area contributed by atoms with Crippen LogP contribution in [0.15, 0.2) is 34.9 Å². The topological polar surface area (TPSA) is 276 Å². The van der Waals surface area contributed by atoms with Crippen molar-refractivity contribution in [2.75, 3.05) is 39.5 Å². The highest BCUT2D eigenvalue weighted by Gasteiger charge is 2.33. The summed E-state index contributed by atoms with van der Waals surface area (Å²) in [4.78, 5) is 88.7. The highest BCUT2D eigenvalue weighted by Crippen LogP contribution is 2.15. The Balaban J connectivity index is 2.59. The lowest BCUT2D eigenvalue weighted by Gasteiger charge is -2.30. The molecule has 1 heterocycles. The lowest BCUT2D eigenvalue weighted by molar-refractivity contribution is -0.160. The number of unbranched alkanes of at least 4 members (excludes halogenated alkanes) is 12. The van der Waals surface area contributed by atoms with Crippen LogP contribution in [0, 0.1) is 0 Å². The molecular weight excluding hydrogens is 881 g/mol. The van der Waals surface area contributed by atoms with Gasteiger partial charge in [0.1, 0.15) is 18.1 Å². The van der Waals surface area contributed by atoms with Gasteiger partial charge in [-0.25, -0.2) is 20.0 Å². The van der Waals surface area contributed by atoms with Gasteiger partial charge >= 0.3 is 5.97 Å². The summed E-state index contributed by atoms with van der Waals surface area (Å²) < 4.78 is 5.48. The number of hydroxylamine groups is 6. The number of hydrogen-bond donors (Lipinski definition) is 8. The van der Waals surface area contributed by atoms with Gasteiger partial charge in [-0.15, -0.1) is 0 Å². The first kappa shape index (κ1) is 61.3. The number of carbonyl (C=O) groups excluding carboxylic acids is 7. The number of aliphatic hydroxyl groups excluding tert-OH is 2. The number of ether oxygens (including phenoxy) is 1. The van der Waals surface area contributed by atoms with E-state index in [0.717, 1.165) is 19.3 Å². The van der Waals surface area contributed by atoms with Gasteiger partial charge in [0.05, 0.1) is 6.61 Å². The predicted octanol–water partition coefficient (Wildman–Crippen LogP) is 5.47. The summed E-state index contributed by atoms with van der Waals surface area (Å²) in [5.74, 6) is -3.99. The van der Waals surface area contributed by atoms with Gasteiger partial charge in [-0.3, -0.25) is 44.4 Å². The van der Waals surface area contributed by atoms with E-state index in [9.17, 15) is 49.2 Å². The molecule has 1 aliphatic rings. The zero-order valence-electron chi connectivity index (χ0n) is 41.3. The number of piperazine rings is 1. The van der Waals surface area contributed by atoms with Crippen molar-refractivity contribution in [1.29, 1.82) is 0 Å². The number of amides is 6. The molecule has 3 atom stereocenters. The number of hydrogen-bond acceptors (Lipinski definition) is 13. The third-order valence-corrected chi connectivity index (χ3v) is 11.6. The molecule has 1 fully saturated rings. The zero-order valence-corrected chi connectivity index (χ0v) is 41.3. The minimum Gasteiger partial charge on any atom is -0.464 e. The van der Waals surface area contributed by atoms with Crippen LogP contribution in [0.1, 0.15) is 175 Å². The Hall–Kier alpha value is -4.69. The van der Waals surface area contributed by atoms with E-state index in [1.807, 2.05) is 0 Å². The van der Waals surface area contributed by atoms with Gasteiger partial charge in [0.2, 0.25) is 17.7 Å². The van der Waals surface area contributed by atoms with Crippen molar-refractivity contribution in [1.82, 2.24) is 31.1 Å². The smallest absolute Gasteiger partial charge is 0.328 e. The molecule has 3 unspecified atom stereocenters. The van der Waals surface area contributed by atoms with Crippen molar-refractivity contribution >= 4 is 41.4 Å². The summed E-state index contributed by atoms with van der Waals surface area (Å²) >= 11 is 0. The molecule has 0 aromatic rings. The lowest BCUT2D eigenvalue weighted by Crippen LogP contribution is -2.61. The molecule has 0 saturated carbocycles. The van der Waals surface area contributed by atoms with E-state index in [1.165, 1.54) is 76.0 Å². The second-order valence-electron chi connectivity index (χ2n) is 17.9. The van der Waals surface area contributed by atoms with Crippen molar-refractivity contribution in [2.24, 2.45) is 0 Å². The van der Waals surface area contributed by atoms with Crippen molar-refractivity contribution < 1.29 is 64.1 Å². The fraction of sp³-hybridized carbons (Fsp3) is 0.735. The molecule has 19 heteroatoms. The van der Waals surface area contributed by atoms with E-state index in [1.54, 1.807) is 20.8 Å². The van der Waals surface area contributed by atoms with E-state index in [-0.39, 0.29) is 103 Å². The minimum atomic E-state index is -1.05. The monoisotopic (exact) mass is 965 g/mol. The summed E-state index contributed by atoms with van der Waals surface area (Å²) in [5, 5.41) is 58.2. The van der Waals surface area contributed by atoms with Gasteiger partial charge < -0.3 is 30.9 Å². The standard InChI is InChI=1S/C49H84N6O13/c1-5-6-7-8-9-10-11-12-13-14-15-16-17-24-43(58)50-42(23-20-30-55(67)45(60)35-38(3)26-32-57)49(64)68-33-27-39(4)36-46(61)54(66)29-19-22-41-48(63)51-40(47(62)52-41)21-18-28-53(65)44(59)34-37(2)25-31-56/h34-36,40-42,56-57,65-67H,5-33H2,1-4H3,(H,50,58)(H,51,63)(H,52,62). The molecule has 6 amide bonds. The molecule has 68 heavy (non-hydrogen) atoms. The van der Waals surface area contributed by atoms with E-state index in [4.69, 9.17) is 14.9 Å². The molecule has 0 radical (unpaired) electrons. The summed E-state index contributed by atoms with van der Waals surface area (Å²) in [6, 6.07) is -2.82. The Morgan fingerprint density at radius 3 is 1.37 bits per heavy atom. The molecule has 8 N–H and O–H groups in total. The predicted molar refractivity (Wildman–Crippen MR) is 255 cm³/mol. The minimum absolute atomic E-state index is 0.0742. The van der Waals surface area contributed by atoms with Gasteiger partial charge in [-0.1, -0.05) is 101 Å². The average Bonchev–Trinajstić information content (AvgIpc) is 3.28. The van der Waals surface area contributed by atoms with Crippen molar-refractivity contribution in [3.05, 3.63) is 34.9 Å². The quantitative estimate of drug-likeness (QED) is 0.0126. The number of rotatable bonds is 38. The summed E-state index contributed by atoms with van der Waals surface area (Å²) in [6.45, 7) is 6.39. The number of nitrogens with zero attached hydrogens (tertiary/aromatic N) is 3. The first-order chi connectivity index (χ1) is 32.5. The van der Waals surface area contributed by atoms with Crippen LogP contribution < -0.4 is 16.0 Å². The number of esters is 1. The van der Waals surface area contributed by atoms with Gasteiger partial charge in [-0.05, 0) is 78.6 Å². The van der Waals surface area contributed by atoms with E-state index >= 15 is 0 Å². The Morgan fingerprint density at radius 1 is 0.574 bits per heavy atom. The number of aliphatic hydroxyl groups is 2. The van der Waals surface area contributed by atoms with Crippen molar-refractivity contribution in [3.8, 4) is 0 Å². The van der Waals surface area contributed by atoms with Gasteiger partial charge in [0, 0.05) is 63.9 Å². The average molecular weight is 965 g/mol. The van der Waals surface area contributed by atoms with Gasteiger partial charge in [0.15, 0.2) is 0 Å². The molecule has 388 valence electrons. The summed E-state index contributed by atoms with van der Waals surface area (Å²) in [6.07, 6.45) is 20.6. The van der Waals surface area contributed by atoms with Crippen molar-refractivity contribution in [2.45, 2.75) is 193 Å². The molecule has 0 bridgehead atoms. The van der Waals surface area contributed by atoms with Crippen LogP contribution in [0.4, 0.5) is 0 Å². The molecule has 1 saturated heterocycles. The molecule has 1 aliphatic heterocycles. The number of nitrogens with one attached hydrogen (secondary N) is 3. The lowest BCUT2D eigenvalue weighted by atomic mass is 10.0. The Labute approximate surface area is 403 Å². The molecule has 0 spiro atoms. The fourth-order valence-corrected chi connectivity index (χ4v) is 7.41. The second-order valence-corrected chi connectivity index (χ2v) is 17.9. The van der Waals surface area contributed by atoms with Crippen LogP contribution in [0.5, 0.6) is 0 Å². The van der Waals surface area contributed by atoms with Gasteiger partial charge in [-0.2, -0.15) is 0 Å². The van der Waals surface area contributed by atoms with Crippen LogP contribution in [-0.2, 0) is 38.3 Å². The summed E-state index contributed by atoms with van der Waals surface area (Å²) in [7, 11) is 0. The van der Waals surface area contributed by atoms with E-state index in [2.05, 4.69) is 22.9 Å². The highest BCUT2D eigenvalue weighted by atomic mass is 16.5. The van der Waals surface area contributed by atoms with Crippen LogP contribution in [-0.4, -0.2) is 140 Å². The van der Waals surface area contributed by atoms with Crippen LogP contribution in [0.25, 0.3) is 0 Å². The normalized spacial score (nSPS) is 15.9. The molecule has 19 nitrogen and oxygen atoms in total. The van der Waals surface area contributed by atoms with Crippen molar-refractivity contribution in [3.63, 3.8) is 0 Å². The second kappa shape index (κ2) is 37.2. The van der Waals surface area contributed by atoms with Crippen LogP contribution in [0.2, 0.25) is 0 Å². The zero-order chi connectivity index (χ0) is 50.7. The third-order valence-electron chi connectivity index (χ3n) is 11.6. The largest absolute Gasteiger partial charge is 0.464 e. The maximum Gasteiger partial charge on any atom is 0.328 e. The Kier molecular flexibility index (Phi) is 33.6. The Bertz CT molecular complexity index is 1640. The maximum atomic E-state index is 13.2. The molecule has 0 aliphatic carbocycles. The van der Waals surface area contributed by atoms with Crippen LogP contribution in [0.3, 0.4) is 0 Å². The first-order valence-corrected chi connectivity index (χ1v) is 24.8. The van der Waals surface area contributed by atoms with E-state index < -0.39 is 53.6 Å². The Morgan fingerprint density at radius 2 is 0.956 bits per heavy atom. The van der Waals surface area contributed by atoms with Crippen LogP contribution >= 0.6 is 0 Å². The fourth-order valence-electron chi connectivity index (χ4n) is 7.41. The SMILES string of the molecule is CCCCCCCCCCCCCCCC(=O)NC(CCCN(O)C(=O)C=C(C)CCO)C(=O)OCCC(C)=CC(=O)N(O)CCCC1NC(=O)C(CCCN(O)C(=O)C=C(C)CCO)NC1=O. The third kappa shape index (κ3) is 28.6. The van der Waals surface area contributed by atoms with E-state index in [0.29, 0.717) is 44.8 Å². The first-order valence-electron chi connectivity index (χ1n) is 24.8. The highest BCUT2D eigenvalue weighted by molar-refractivity contribution is 5.97. The summed E-state index contributed by atoms with van der Waals surface area (Å²) in [5.41, 5.74) is 1.67. The molecular formula is C49H84N6O13.